The number of fused-ring (bicyclic) bond motifs is 1. The average molecular weight is 525 g/mol. The Labute approximate surface area is 217 Å². The first kappa shape index (κ1) is 25.4. The summed E-state index contributed by atoms with van der Waals surface area (Å²) in [5.41, 5.74) is 4.31. The Balaban J connectivity index is 1.49. The number of nitrogens with one attached hydrogen (secondary N) is 3. The summed E-state index contributed by atoms with van der Waals surface area (Å²) in [5.74, 6) is 0.999. The number of carbonyl (C=O) groups is 1. The lowest BCUT2D eigenvalue weighted by Gasteiger charge is -2.14. The van der Waals surface area contributed by atoms with Crippen molar-refractivity contribution in [3.05, 3.63) is 65.9 Å². The topological polar surface area (TPSA) is 92.6 Å². The number of methoxy groups -OCH3 is 1. The summed E-state index contributed by atoms with van der Waals surface area (Å²) in [7, 11) is 1.57. The lowest BCUT2D eigenvalue weighted by atomic mass is 10.0. The Bertz CT molecular complexity index is 1460. The Morgan fingerprint density at radius 3 is 2.55 bits per heavy atom. The fourth-order valence-electron chi connectivity index (χ4n) is 4.09. The van der Waals surface area contributed by atoms with Crippen LogP contribution in [-0.2, 0) is 0 Å². The zero-order valence-corrected chi connectivity index (χ0v) is 20.9. The van der Waals surface area contributed by atoms with Crippen molar-refractivity contribution in [2.45, 2.75) is 38.4 Å². The average Bonchev–Trinajstić information content (AvgIpc) is 3.58. The molecule has 0 bridgehead atoms. The molecule has 2 heterocycles. The number of rotatable bonds is 9. The summed E-state index contributed by atoms with van der Waals surface area (Å²) in [6, 6.07) is 14.5. The van der Waals surface area contributed by atoms with Crippen LogP contribution >= 0.6 is 0 Å². The normalized spacial score (nSPS) is 13.4. The molecule has 38 heavy (non-hydrogen) atoms. The molecule has 0 saturated heterocycles. The summed E-state index contributed by atoms with van der Waals surface area (Å²) < 4.78 is 45.2. The molecule has 1 aliphatic carbocycles. The van der Waals surface area contributed by atoms with Gasteiger partial charge in [-0.25, -0.2) is 9.50 Å². The second-order valence-electron chi connectivity index (χ2n) is 9.24. The van der Waals surface area contributed by atoms with Gasteiger partial charge in [0, 0.05) is 35.5 Å². The molecular formula is C27H27F3N6O2. The Kier molecular flexibility index (Phi) is 6.83. The number of hydrogen-bond acceptors (Lipinski definition) is 6. The largest absolute Gasteiger partial charge is 0.497 e. The van der Waals surface area contributed by atoms with E-state index in [4.69, 9.17) is 4.74 Å². The third-order valence-electron chi connectivity index (χ3n) is 6.23. The van der Waals surface area contributed by atoms with Gasteiger partial charge in [-0.05, 0) is 61.7 Å². The molecule has 8 nitrogen and oxygen atoms in total. The van der Waals surface area contributed by atoms with E-state index in [0.717, 1.165) is 29.7 Å². The highest BCUT2D eigenvalue weighted by Crippen LogP contribution is 2.30. The van der Waals surface area contributed by atoms with Gasteiger partial charge in [-0.2, -0.15) is 13.2 Å². The van der Waals surface area contributed by atoms with Crippen LogP contribution in [0.3, 0.4) is 0 Å². The number of amides is 1. The standard InChI is InChI=1S/C27H27F3N6O2/c1-16-13-17(3-10-21(16)26(37)34-19-4-5-19)23-15-32-25-22(31-12-11-27(28,29)30)14-24(35-36(23)25)33-18-6-8-20(38-2)9-7-18/h3,6-10,13-15,19,31H,4-5,11-12H2,1-2H3,(H,33,35)(H,34,37). The van der Waals surface area contributed by atoms with E-state index in [2.05, 4.69) is 26.0 Å². The van der Waals surface area contributed by atoms with Gasteiger partial charge in [0.1, 0.15) is 5.75 Å². The van der Waals surface area contributed by atoms with Crippen LogP contribution in [0.5, 0.6) is 5.75 Å². The van der Waals surface area contributed by atoms with Crippen molar-refractivity contribution in [1.82, 2.24) is 19.9 Å². The monoisotopic (exact) mass is 524 g/mol. The molecular weight excluding hydrogens is 497 g/mol. The number of alkyl halides is 3. The fraction of sp³-hybridized carbons (Fsp3) is 0.296. The summed E-state index contributed by atoms with van der Waals surface area (Å²) in [6.07, 6.45) is -1.65. The van der Waals surface area contributed by atoms with Gasteiger partial charge >= 0.3 is 6.18 Å². The molecule has 11 heteroatoms. The predicted molar refractivity (Wildman–Crippen MR) is 139 cm³/mol. The van der Waals surface area contributed by atoms with Crippen LogP contribution in [0.2, 0.25) is 0 Å². The molecule has 1 fully saturated rings. The van der Waals surface area contributed by atoms with Crippen molar-refractivity contribution >= 4 is 28.7 Å². The third-order valence-corrected chi connectivity index (χ3v) is 6.23. The number of anilines is 3. The summed E-state index contributed by atoms with van der Waals surface area (Å²) >= 11 is 0. The molecule has 0 unspecified atom stereocenters. The van der Waals surface area contributed by atoms with Crippen LogP contribution in [0.25, 0.3) is 16.9 Å². The van der Waals surface area contributed by atoms with Gasteiger partial charge in [0.15, 0.2) is 11.5 Å². The van der Waals surface area contributed by atoms with Gasteiger partial charge < -0.3 is 20.7 Å². The van der Waals surface area contributed by atoms with E-state index in [-0.39, 0.29) is 18.5 Å². The second kappa shape index (κ2) is 10.2. The van der Waals surface area contributed by atoms with E-state index in [9.17, 15) is 18.0 Å². The quantitative estimate of drug-likeness (QED) is 0.260. The molecule has 0 radical (unpaired) electrons. The summed E-state index contributed by atoms with van der Waals surface area (Å²) in [4.78, 5) is 17.0. The number of halogens is 3. The van der Waals surface area contributed by atoms with Crippen molar-refractivity contribution in [2.75, 3.05) is 24.3 Å². The lowest BCUT2D eigenvalue weighted by Crippen LogP contribution is -2.26. The number of imidazole rings is 1. The van der Waals surface area contributed by atoms with E-state index < -0.39 is 12.6 Å². The molecule has 2 aromatic heterocycles. The highest BCUT2D eigenvalue weighted by atomic mass is 19.4. The third kappa shape index (κ3) is 5.82. The number of ether oxygens (including phenoxy) is 1. The molecule has 5 rings (SSSR count). The van der Waals surface area contributed by atoms with E-state index in [1.165, 1.54) is 0 Å². The van der Waals surface area contributed by atoms with Crippen molar-refractivity contribution in [2.24, 2.45) is 0 Å². The zero-order valence-electron chi connectivity index (χ0n) is 20.9. The minimum absolute atomic E-state index is 0.102. The first-order valence-corrected chi connectivity index (χ1v) is 12.2. The molecule has 3 N–H and O–H groups in total. The zero-order chi connectivity index (χ0) is 26.9. The molecule has 0 aliphatic heterocycles. The second-order valence-corrected chi connectivity index (χ2v) is 9.24. The predicted octanol–water partition coefficient (Wildman–Crippen LogP) is 5.71. The van der Waals surface area contributed by atoms with Gasteiger partial charge in [-0.3, -0.25) is 4.79 Å². The molecule has 1 saturated carbocycles. The molecule has 1 amide bonds. The van der Waals surface area contributed by atoms with Gasteiger partial charge in [-0.15, -0.1) is 5.10 Å². The molecule has 0 spiro atoms. The first-order valence-electron chi connectivity index (χ1n) is 12.2. The number of aromatic nitrogens is 3. The molecule has 198 valence electrons. The van der Waals surface area contributed by atoms with Crippen LogP contribution in [-0.4, -0.2) is 46.4 Å². The van der Waals surface area contributed by atoms with Gasteiger partial charge in [0.05, 0.1) is 31.1 Å². The van der Waals surface area contributed by atoms with E-state index in [1.807, 2.05) is 31.2 Å². The SMILES string of the molecule is COc1ccc(Nc2cc(NCCC(F)(F)F)c3ncc(-c4ccc(C(=O)NC5CC5)c(C)c4)n3n2)cc1. The van der Waals surface area contributed by atoms with Crippen molar-refractivity contribution in [1.29, 1.82) is 0 Å². The molecule has 1 aliphatic rings. The minimum atomic E-state index is -4.29. The van der Waals surface area contributed by atoms with Crippen molar-refractivity contribution < 1.29 is 22.7 Å². The maximum Gasteiger partial charge on any atom is 0.390 e. The first-order chi connectivity index (χ1) is 18.2. The molecule has 0 atom stereocenters. The summed E-state index contributed by atoms with van der Waals surface area (Å²) in [5, 5.41) is 13.7. The van der Waals surface area contributed by atoms with E-state index in [0.29, 0.717) is 34.2 Å². The van der Waals surface area contributed by atoms with Gasteiger partial charge in [-0.1, -0.05) is 6.07 Å². The number of benzene rings is 2. The number of nitrogens with zero attached hydrogens (tertiary/aromatic N) is 3. The fourth-order valence-corrected chi connectivity index (χ4v) is 4.09. The number of aryl methyl sites for hydroxylation is 1. The maximum atomic E-state index is 12.8. The van der Waals surface area contributed by atoms with Crippen LogP contribution < -0.4 is 20.7 Å². The molecule has 2 aromatic carbocycles. The summed E-state index contributed by atoms with van der Waals surface area (Å²) in [6.45, 7) is 1.56. The van der Waals surface area contributed by atoms with Crippen LogP contribution in [0.4, 0.5) is 30.4 Å². The highest BCUT2D eigenvalue weighted by molar-refractivity contribution is 5.96. The number of carbonyl (C=O) groups excluding carboxylic acids is 1. The number of hydrogen-bond donors (Lipinski definition) is 3. The van der Waals surface area contributed by atoms with Crippen molar-refractivity contribution in [3.63, 3.8) is 0 Å². The Morgan fingerprint density at radius 2 is 1.89 bits per heavy atom. The van der Waals surface area contributed by atoms with Crippen LogP contribution in [0, 0.1) is 6.92 Å². The Morgan fingerprint density at radius 1 is 1.13 bits per heavy atom. The van der Waals surface area contributed by atoms with Gasteiger partial charge in [0.2, 0.25) is 0 Å². The maximum absolute atomic E-state index is 12.8. The van der Waals surface area contributed by atoms with E-state index >= 15 is 0 Å². The Hall–Kier alpha value is -4.28. The van der Waals surface area contributed by atoms with E-state index in [1.54, 1.807) is 42.1 Å². The van der Waals surface area contributed by atoms with Crippen LogP contribution in [0.1, 0.15) is 35.2 Å². The highest BCUT2D eigenvalue weighted by Gasteiger charge is 2.27. The minimum Gasteiger partial charge on any atom is -0.497 e. The van der Waals surface area contributed by atoms with Crippen LogP contribution in [0.15, 0.2) is 54.7 Å². The van der Waals surface area contributed by atoms with Crippen molar-refractivity contribution in [3.8, 4) is 17.0 Å². The van der Waals surface area contributed by atoms with Gasteiger partial charge in [0.25, 0.3) is 5.91 Å². The lowest BCUT2D eigenvalue weighted by molar-refractivity contribution is -0.131. The smallest absolute Gasteiger partial charge is 0.390 e. The molecule has 4 aromatic rings.